The second-order valence-electron chi connectivity index (χ2n) is 7.45. The normalized spacial score (nSPS) is 28.8. The van der Waals surface area contributed by atoms with Gasteiger partial charge in [-0.25, -0.2) is 4.39 Å². The molecule has 0 radical (unpaired) electrons. The molecule has 1 aliphatic heterocycles. The van der Waals surface area contributed by atoms with Crippen molar-refractivity contribution in [1.82, 2.24) is 4.90 Å². The molecule has 1 saturated heterocycles. The van der Waals surface area contributed by atoms with Gasteiger partial charge in [-0.05, 0) is 43.7 Å². The molecule has 0 spiro atoms. The summed E-state index contributed by atoms with van der Waals surface area (Å²) in [4.78, 5) is 14.9. The number of carbonyl (C=O) groups excluding carboxylic acids is 1. The highest BCUT2D eigenvalue weighted by Gasteiger charge is 2.39. The number of likely N-dealkylation sites (tertiary alicyclic amines) is 1. The van der Waals surface area contributed by atoms with E-state index in [1.165, 1.54) is 6.07 Å². The molecule has 1 N–H and O–H groups in total. The Morgan fingerprint density at radius 1 is 1.25 bits per heavy atom. The lowest BCUT2D eigenvalue weighted by Gasteiger charge is -2.38. The molecule has 3 nitrogen and oxygen atoms in total. The minimum absolute atomic E-state index is 0.110. The third kappa shape index (κ3) is 3.64. The molecule has 1 amide bonds. The molecule has 3 rings (SSSR count). The van der Waals surface area contributed by atoms with E-state index in [0.717, 1.165) is 45.1 Å². The third-order valence-electron chi connectivity index (χ3n) is 5.76. The predicted octanol–water partition coefficient (Wildman–Crippen LogP) is 3.55. The van der Waals surface area contributed by atoms with Gasteiger partial charge >= 0.3 is 0 Å². The Morgan fingerprint density at radius 2 is 2.00 bits per heavy atom. The van der Waals surface area contributed by atoms with E-state index in [0.29, 0.717) is 12.0 Å². The van der Waals surface area contributed by atoms with E-state index < -0.39 is 0 Å². The molecule has 1 saturated carbocycles. The fraction of sp³-hybridized carbons (Fsp3) is 0.650. The Balaban J connectivity index is 1.67. The van der Waals surface area contributed by atoms with Crippen LogP contribution in [0.4, 0.5) is 4.39 Å². The molecule has 2 fully saturated rings. The van der Waals surface area contributed by atoms with E-state index in [9.17, 15) is 14.3 Å². The zero-order valence-corrected chi connectivity index (χ0v) is 14.5. The fourth-order valence-electron chi connectivity index (χ4n) is 4.46. The first-order valence-electron chi connectivity index (χ1n) is 9.30. The molecule has 1 heterocycles. The van der Waals surface area contributed by atoms with Crippen LogP contribution in [-0.4, -0.2) is 34.6 Å². The first kappa shape index (κ1) is 17.4. The van der Waals surface area contributed by atoms with Crippen molar-refractivity contribution in [3.63, 3.8) is 0 Å². The SMILES string of the molecule is C[C@H](Cc1ccccc1F)C(=O)N1CCC[C@@H]1[C@@H]1CCCC[C@@H]1O. The van der Waals surface area contributed by atoms with Crippen LogP contribution in [0.15, 0.2) is 24.3 Å². The fourth-order valence-corrected chi connectivity index (χ4v) is 4.46. The molecular weight excluding hydrogens is 305 g/mol. The number of halogens is 1. The zero-order chi connectivity index (χ0) is 17.1. The Labute approximate surface area is 143 Å². The van der Waals surface area contributed by atoms with Crippen LogP contribution in [0.1, 0.15) is 51.0 Å². The summed E-state index contributed by atoms with van der Waals surface area (Å²) >= 11 is 0. The number of nitrogens with zero attached hydrogens (tertiary/aromatic N) is 1. The quantitative estimate of drug-likeness (QED) is 0.915. The van der Waals surface area contributed by atoms with Crippen LogP contribution >= 0.6 is 0 Å². The second-order valence-corrected chi connectivity index (χ2v) is 7.45. The Bertz CT molecular complexity index is 577. The number of rotatable bonds is 4. The Morgan fingerprint density at radius 3 is 2.75 bits per heavy atom. The number of aliphatic hydroxyl groups excluding tert-OH is 1. The molecule has 4 heteroatoms. The van der Waals surface area contributed by atoms with Crippen LogP contribution in [0.3, 0.4) is 0 Å². The van der Waals surface area contributed by atoms with Crippen molar-refractivity contribution in [2.75, 3.05) is 6.54 Å². The third-order valence-corrected chi connectivity index (χ3v) is 5.76. The van der Waals surface area contributed by atoms with Gasteiger partial charge in [0.25, 0.3) is 0 Å². The standard InChI is InChI=1S/C20H28FNO2/c1-14(13-15-7-2-4-9-17(15)21)20(24)22-12-6-10-18(22)16-8-3-5-11-19(16)23/h2,4,7,9,14,16,18-19,23H,3,5-6,8,10-13H2,1H3/t14-,16+,18-,19+/m1/s1. The average molecular weight is 333 g/mol. The van der Waals surface area contributed by atoms with E-state index in [-0.39, 0.29) is 35.7 Å². The first-order valence-corrected chi connectivity index (χ1v) is 9.30. The largest absolute Gasteiger partial charge is 0.393 e. The van der Waals surface area contributed by atoms with Crippen LogP contribution in [0.25, 0.3) is 0 Å². The minimum Gasteiger partial charge on any atom is -0.393 e. The van der Waals surface area contributed by atoms with E-state index >= 15 is 0 Å². The molecule has 0 aromatic heterocycles. The summed E-state index contributed by atoms with van der Waals surface area (Å²) in [7, 11) is 0. The minimum atomic E-state index is -0.279. The molecule has 0 bridgehead atoms. The maximum absolute atomic E-state index is 13.9. The summed E-state index contributed by atoms with van der Waals surface area (Å²) in [6.45, 7) is 2.66. The Kier molecular flexibility index (Phi) is 5.54. The van der Waals surface area contributed by atoms with Gasteiger partial charge in [0, 0.05) is 24.4 Å². The lowest BCUT2D eigenvalue weighted by molar-refractivity contribution is -0.138. The van der Waals surface area contributed by atoms with Gasteiger partial charge in [-0.3, -0.25) is 4.79 Å². The van der Waals surface area contributed by atoms with Crippen molar-refractivity contribution in [1.29, 1.82) is 0 Å². The van der Waals surface area contributed by atoms with Gasteiger partial charge in [0.2, 0.25) is 5.91 Å². The maximum atomic E-state index is 13.9. The molecule has 0 unspecified atom stereocenters. The molecule has 1 aromatic rings. The second kappa shape index (κ2) is 7.64. The number of benzene rings is 1. The van der Waals surface area contributed by atoms with Crippen molar-refractivity contribution in [2.45, 2.75) is 64.0 Å². The van der Waals surface area contributed by atoms with Gasteiger partial charge in [-0.15, -0.1) is 0 Å². The summed E-state index contributed by atoms with van der Waals surface area (Å²) in [5.41, 5.74) is 0.604. The summed E-state index contributed by atoms with van der Waals surface area (Å²) in [5, 5.41) is 10.4. The number of carbonyl (C=O) groups is 1. The number of hydrogen-bond acceptors (Lipinski definition) is 2. The molecule has 4 atom stereocenters. The van der Waals surface area contributed by atoms with E-state index in [1.54, 1.807) is 12.1 Å². The lowest BCUT2D eigenvalue weighted by Crippen LogP contribution is -2.47. The monoisotopic (exact) mass is 333 g/mol. The van der Waals surface area contributed by atoms with Gasteiger partial charge in [0.05, 0.1) is 6.10 Å². The van der Waals surface area contributed by atoms with Gasteiger partial charge < -0.3 is 10.0 Å². The summed E-state index contributed by atoms with van der Waals surface area (Å²) in [6.07, 6.45) is 6.24. The smallest absolute Gasteiger partial charge is 0.225 e. The van der Waals surface area contributed by atoms with Crippen molar-refractivity contribution in [3.8, 4) is 0 Å². The van der Waals surface area contributed by atoms with Crippen LogP contribution in [0, 0.1) is 17.7 Å². The first-order chi connectivity index (χ1) is 11.6. The van der Waals surface area contributed by atoms with E-state index in [2.05, 4.69) is 0 Å². The highest BCUT2D eigenvalue weighted by molar-refractivity contribution is 5.79. The summed E-state index contributed by atoms with van der Waals surface area (Å²) in [5.74, 6) is -0.148. The molecular formula is C20H28FNO2. The average Bonchev–Trinajstić information content (AvgIpc) is 3.06. The van der Waals surface area contributed by atoms with Crippen molar-refractivity contribution in [3.05, 3.63) is 35.6 Å². The van der Waals surface area contributed by atoms with Gasteiger partial charge in [0.15, 0.2) is 0 Å². The highest BCUT2D eigenvalue weighted by atomic mass is 19.1. The molecule has 1 aromatic carbocycles. The number of aliphatic hydroxyl groups is 1. The molecule has 1 aliphatic carbocycles. The van der Waals surface area contributed by atoms with Crippen molar-refractivity contribution >= 4 is 5.91 Å². The van der Waals surface area contributed by atoms with Crippen LogP contribution in [0.2, 0.25) is 0 Å². The Hall–Kier alpha value is -1.42. The molecule has 2 aliphatic rings. The predicted molar refractivity (Wildman–Crippen MR) is 92.0 cm³/mol. The number of amides is 1. The van der Waals surface area contributed by atoms with Gasteiger partial charge in [-0.2, -0.15) is 0 Å². The van der Waals surface area contributed by atoms with Gasteiger partial charge in [-0.1, -0.05) is 38.0 Å². The van der Waals surface area contributed by atoms with E-state index in [4.69, 9.17) is 0 Å². The lowest BCUT2D eigenvalue weighted by atomic mass is 9.80. The maximum Gasteiger partial charge on any atom is 0.225 e. The van der Waals surface area contributed by atoms with Crippen LogP contribution in [-0.2, 0) is 11.2 Å². The van der Waals surface area contributed by atoms with E-state index in [1.807, 2.05) is 17.9 Å². The summed E-state index contributed by atoms with van der Waals surface area (Å²) < 4.78 is 13.9. The summed E-state index contributed by atoms with van der Waals surface area (Å²) in [6, 6.07) is 6.85. The highest BCUT2D eigenvalue weighted by Crippen LogP contribution is 2.35. The van der Waals surface area contributed by atoms with Crippen LogP contribution < -0.4 is 0 Å². The van der Waals surface area contributed by atoms with Crippen molar-refractivity contribution in [2.24, 2.45) is 11.8 Å². The molecule has 132 valence electrons. The molecule has 24 heavy (non-hydrogen) atoms. The van der Waals surface area contributed by atoms with Gasteiger partial charge in [0.1, 0.15) is 5.82 Å². The topological polar surface area (TPSA) is 40.5 Å². The van der Waals surface area contributed by atoms with Crippen molar-refractivity contribution < 1.29 is 14.3 Å². The zero-order valence-electron chi connectivity index (χ0n) is 14.5. The number of hydrogen-bond donors (Lipinski definition) is 1. The van der Waals surface area contributed by atoms with Crippen LogP contribution in [0.5, 0.6) is 0 Å².